The van der Waals surface area contributed by atoms with Gasteiger partial charge in [0.25, 0.3) is 0 Å². The van der Waals surface area contributed by atoms with Crippen LogP contribution in [0.25, 0.3) is 10.2 Å². The highest BCUT2D eigenvalue weighted by Crippen LogP contribution is 2.48. The van der Waals surface area contributed by atoms with Crippen LogP contribution in [0.2, 0.25) is 5.02 Å². The molecule has 1 heterocycles. The van der Waals surface area contributed by atoms with Gasteiger partial charge in [-0.05, 0) is 42.9 Å². The van der Waals surface area contributed by atoms with E-state index in [0.717, 1.165) is 26.9 Å². The lowest BCUT2D eigenvalue weighted by molar-refractivity contribution is 0.521. The Morgan fingerprint density at radius 2 is 2.29 bits per heavy atom. The molecule has 0 atom stereocenters. The molecule has 0 spiro atoms. The zero-order valence-corrected chi connectivity index (χ0v) is 11.4. The summed E-state index contributed by atoms with van der Waals surface area (Å²) in [6, 6.07) is 5.85. The highest BCUT2D eigenvalue weighted by atomic mass is 35.5. The van der Waals surface area contributed by atoms with Gasteiger partial charge in [-0.1, -0.05) is 29.9 Å². The number of anilines is 1. The predicted octanol–water partition coefficient (Wildman–Crippen LogP) is 4.55. The number of halogens is 1. The van der Waals surface area contributed by atoms with E-state index in [1.165, 1.54) is 19.3 Å². The van der Waals surface area contributed by atoms with Gasteiger partial charge >= 0.3 is 0 Å². The molecule has 0 bridgehead atoms. The van der Waals surface area contributed by atoms with Crippen LogP contribution in [0.4, 0.5) is 5.13 Å². The smallest absolute Gasteiger partial charge is 0.183 e. The molecule has 1 aliphatic carbocycles. The molecule has 2 nitrogen and oxygen atoms in total. The lowest BCUT2D eigenvalue weighted by atomic mass is 10.0. The van der Waals surface area contributed by atoms with Gasteiger partial charge in [-0.15, -0.1) is 0 Å². The summed E-state index contributed by atoms with van der Waals surface area (Å²) in [5.74, 6) is 0. The molecule has 1 aromatic carbocycles. The fourth-order valence-corrected chi connectivity index (χ4v) is 3.21. The number of thiazole rings is 1. The molecule has 0 amide bonds. The van der Waals surface area contributed by atoms with Crippen molar-refractivity contribution in [1.29, 1.82) is 0 Å². The highest BCUT2D eigenvalue weighted by Gasteiger charge is 2.40. The van der Waals surface area contributed by atoms with Gasteiger partial charge in [0.05, 0.1) is 10.2 Å². The second kappa shape index (κ2) is 4.14. The Labute approximate surface area is 110 Å². The Morgan fingerprint density at radius 3 is 3.00 bits per heavy atom. The standard InChI is InChI=1S/C13H15ClN2S/c1-2-13(5-6-13)8-15-12-16-10-4-3-9(14)7-11(10)17-12/h3-4,7H,2,5-6,8H2,1H3,(H,15,16). The molecule has 2 aromatic rings. The SMILES string of the molecule is CCC1(CNc2nc3ccc(Cl)cc3s2)CC1. The summed E-state index contributed by atoms with van der Waals surface area (Å²) < 4.78 is 1.15. The van der Waals surface area contributed by atoms with Gasteiger partial charge in [0.1, 0.15) is 0 Å². The minimum absolute atomic E-state index is 0.551. The van der Waals surface area contributed by atoms with Gasteiger partial charge in [-0.3, -0.25) is 0 Å². The monoisotopic (exact) mass is 266 g/mol. The molecule has 1 aromatic heterocycles. The van der Waals surface area contributed by atoms with Crippen LogP contribution >= 0.6 is 22.9 Å². The molecule has 1 N–H and O–H groups in total. The minimum atomic E-state index is 0.551. The van der Waals surface area contributed by atoms with Gasteiger partial charge in [0, 0.05) is 11.6 Å². The Bertz CT molecular complexity index is 545. The number of nitrogens with one attached hydrogen (secondary N) is 1. The van der Waals surface area contributed by atoms with Crippen LogP contribution in [0.3, 0.4) is 0 Å². The first-order valence-corrected chi connectivity index (χ1v) is 7.20. The Morgan fingerprint density at radius 1 is 1.47 bits per heavy atom. The van der Waals surface area contributed by atoms with Gasteiger partial charge in [0.15, 0.2) is 5.13 Å². The maximum atomic E-state index is 5.97. The van der Waals surface area contributed by atoms with E-state index in [0.29, 0.717) is 5.41 Å². The normalized spacial score (nSPS) is 17.3. The second-order valence-electron chi connectivity index (χ2n) is 4.84. The Balaban J connectivity index is 1.77. The first-order valence-electron chi connectivity index (χ1n) is 6.01. The molecule has 3 rings (SSSR count). The van der Waals surface area contributed by atoms with E-state index in [-0.39, 0.29) is 0 Å². The lowest BCUT2D eigenvalue weighted by Crippen LogP contribution is -2.13. The van der Waals surface area contributed by atoms with Crippen molar-refractivity contribution in [3.63, 3.8) is 0 Å². The summed E-state index contributed by atoms with van der Waals surface area (Å²) in [6.07, 6.45) is 3.97. The number of fused-ring (bicyclic) bond motifs is 1. The van der Waals surface area contributed by atoms with Crippen molar-refractivity contribution in [1.82, 2.24) is 4.98 Å². The average Bonchev–Trinajstić information content (AvgIpc) is 3.00. The molecular formula is C13H15ClN2S. The van der Waals surface area contributed by atoms with Crippen molar-refractivity contribution >= 4 is 38.3 Å². The molecule has 17 heavy (non-hydrogen) atoms. The quantitative estimate of drug-likeness (QED) is 0.878. The largest absolute Gasteiger partial charge is 0.361 e. The third-order valence-corrected chi connectivity index (χ3v) is 4.88. The molecular weight excluding hydrogens is 252 g/mol. The van der Waals surface area contributed by atoms with Crippen LogP contribution in [-0.2, 0) is 0 Å². The molecule has 4 heteroatoms. The lowest BCUT2D eigenvalue weighted by Gasteiger charge is -2.11. The number of aromatic nitrogens is 1. The number of rotatable bonds is 4. The maximum Gasteiger partial charge on any atom is 0.183 e. The van der Waals surface area contributed by atoms with Crippen LogP contribution in [-0.4, -0.2) is 11.5 Å². The van der Waals surface area contributed by atoms with Gasteiger partial charge in [0.2, 0.25) is 0 Å². The van der Waals surface area contributed by atoms with Crippen molar-refractivity contribution in [2.45, 2.75) is 26.2 Å². The van der Waals surface area contributed by atoms with Crippen LogP contribution < -0.4 is 5.32 Å². The molecule has 1 fully saturated rings. The van der Waals surface area contributed by atoms with Crippen molar-refractivity contribution in [3.8, 4) is 0 Å². The van der Waals surface area contributed by atoms with E-state index < -0.39 is 0 Å². The second-order valence-corrected chi connectivity index (χ2v) is 6.31. The van der Waals surface area contributed by atoms with Gasteiger partial charge in [-0.2, -0.15) is 0 Å². The van der Waals surface area contributed by atoms with E-state index >= 15 is 0 Å². The van der Waals surface area contributed by atoms with E-state index in [1.807, 2.05) is 18.2 Å². The van der Waals surface area contributed by atoms with E-state index in [2.05, 4.69) is 17.2 Å². The van der Waals surface area contributed by atoms with Gasteiger partial charge in [-0.25, -0.2) is 4.98 Å². The summed E-state index contributed by atoms with van der Waals surface area (Å²) in [7, 11) is 0. The molecule has 0 unspecified atom stereocenters. The van der Waals surface area contributed by atoms with E-state index in [1.54, 1.807) is 11.3 Å². The first-order chi connectivity index (χ1) is 8.21. The minimum Gasteiger partial charge on any atom is -0.361 e. The number of hydrogen-bond acceptors (Lipinski definition) is 3. The molecule has 0 aliphatic heterocycles. The zero-order chi connectivity index (χ0) is 11.9. The summed E-state index contributed by atoms with van der Waals surface area (Å²) in [5.41, 5.74) is 1.58. The van der Waals surface area contributed by atoms with Gasteiger partial charge < -0.3 is 5.32 Å². The molecule has 1 saturated carbocycles. The predicted molar refractivity (Wildman–Crippen MR) is 75.1 cm³/mol. The van der Waals surface area contributed by atoms with E-state index in [9.17, 15) is 0 Å². The molecule has 90 valence electrons. The molecule has 1 aliphatic rings. The van der Waals surface area contributed by atoms with Crippen LogP contribution in [0.1, 0.15) is 26.2 Å². The summed E-state index contributed by atoms with van der Waals surface area (Å²) >= 11 is 7.65. The first kappa shape index (κ1) is 11.3. The van der Waals surface area contributed by atoms with Crippen LogP contribution in [0.15, 0.2) is 18.2 Å². The highest BCUT2D eigenvalue weighted by molar-refractivity contribution is 7.22. The van der Waals surface area contributed by atoms with Crippen molar-refractivity contribution in [2.24, 2.45) is 5.41 Å². The van der Waals surface area contributed by atoms with E-state index in [4.69, 9.17) is 11.6 Å². The molecule has 0 saturated heterocycles. The summed E-state index contributed by atoms with van der Waals surface area (Å²) in [5, 5.41) is 5.27. The van der Waals surface area contributed by atoms with Crippen molar-refractivity contribution in [2.75, 3.05) is 11.9 Å². The van der Waals surface area contributed by atoms with Crippen molar-refractivity contribution < 1.29 is 0 Å². The summed E-state index contributed by atoms with van der Waals surface area (Å²) in [6.45, 7) is 3.32. The zero-order valence-electron chi connectivity index (χ0n) is 9.79. The van der Waals surface area contributed by atoms with Crippen LogP contribution in [0.5, 0.6) is 0 Å². The Hall–Kier alpha value is -0.800. The maximum absolute atomic E-state index is 5.97. The third-order valence-electron chi connectivity index (χ3n) is 3.67. The number of nitrogens with zero attached hydrogens (tertiary/aromatic N) is 1. The average molecular weight is 267 g/mol. The Kier molecular flexibility index (Phi) is 2.75. The van der Waals surface area contributed by atoms with Crippen LogP contribution in [0, 0.1) is 5.41 Å². The topological polar surface area (TPSA) is 24.9 Å². The number of benzene rings is 1. The summed E-state index contributed by atoms with van der Waals surface area (Å²) in [4.78, 5) is 4.57. The molecule has 0 radical (unpaired) electrons. The number of hydrogen-bond donors (Lipinski definition) is 1. The van der Waals surface area contributed by atoms with Crippen molar-refractivity contribution in [3.05, 3.63) is 23.2 Å². The fraction of sp³-hybridized carbons (Fsp3) is 0.462. The fourth-order valence-electron chi connectivity index (χ4n) is 2.07. The third kappa shape index (κ3) is 2.26.